The van der Waals surface area contributed by atoms with E-state index in [-0.39, 0.29) is 35.6 Å². The first-order valence-corrected chi connectivity index (χ1v) is 9.81. The molecule has 4 nitrogen and oxygen atoms in total. The summed E-state index contributed by atoms with van der Waals surface area (Å²) in [5.41, 5.74) is 0.0172. The number of amides is 2. The summed E-state index contributed by atoms with van der Waals surface area (Å²) in [7, 11) is 0. The Morgan fingerprint density at radius 2 is 1.89 bits per heavy atom. The molecule has 1 N–H and O–H groups in total. The highest BCUT2D eigenvalue weighted by atomic mass is 19.4. The molecule has 0 aromatic heterocycles. The first kappa shape index (κ1) is 20.7. The van der Waals surface area contributed by atoms with Gasteiger partial charge in [0.05, 0.1) is 5.56 Å². The van der Waals surface area contributed by atoms with Crippen LogP contribution >= 0.6 is 0 Å². The smallest absolute Gasteiger partial charge is 0.356 e. The zero-order valence-electron chi connectivity index (χ0n) is 16.4. The lowest BCUT2D eigenvalue weighted by molar-refractivity contribution is -0.137. The van der Waals surface area contributed by atoms with Crippen molar-refractivity contribution >= 4 is 11.8 Å². The molecule has 3 rings (SSSR count). The summed E-state index contributed by atoms with van der Waals surface area (Å²) in [6, 6.07) is 5.11. The third-order valence-corrected chi connectivity index (χ3v) is 6.19. The van der Waals surface area contributed by atoms with Gasteiger partial charge in [0.2, 0.25) is 11.8 Å². The maximum absolute atomic E-state index is 12.7. The second-order valence-corrected chi connectivity index (χ2v) is 8.43. The number of hydrogen-bond acceptors (Lipinski definition) is 2. The molecule has 2 fully saturated rings. The highest BCUT2D eigenvalue weighted by Gasteiger charge is 2.50. The number of likely N-dealkylation sites (tertiary alicyclic amines) is 1. The van der Waals surface area contributed by atoms with Gasteiger partial charge < -0.3 is 10.2 Å². The summed E-state index contributed by atoms with van der Waals surface area (Å²) < 4.78 is 38.2. The molecule has 1 saturated heterocycles. The Kier molecular flexibility index (Phi) is 5.73. The van der Waals surface area contributed by atoms with E-state index >= 15 is 0 Å². The van der Waals surface area contributed by atoms with Crippen LogP contribution in [0.2, 0.25) is 0 Å². The minimum atomic E-state index is -4.36. The molecule has 7 heteroatoms. The van der Waals surface area contributed by atoms with Crippen molar-refractivity contribution in [2.24, 2.45) is 23.7 Å². The van der Waals surface area contributed by atoms with Crippen molar-refractivity contribution in [1.29, 1.82) is 0 Å². The second kappa shape index (κ2) is 7.76. The van der Waals surface area contributed by atoms with Crippen molar-refractivity contribution < 1.29 is 22.8 Å². The minimum Gasteiger partial charge on any atom is -0.356 e. The molecule has 2 aliphatic rings. The SMILES string of the molecule is CC(C)C(=O)NC[C@H]1[C@@H]2CC(=O)N(Cc3ccc(C(F)(F)F)cc3)[C@@H]2C[C@@H]1C. The van der Waals surface area contributed by atoms with E-state index in [0.717, 1.165) is 18.6 Å². The number of fused-ring (bicyclic) bond motifs is 1. The third kappa shape index (κ3) is 4.18. The molecule has 1 aromatic carbocycles. The molecule has 2 amide bonds. The molecule has 0 spiro atoms. The van der Waals surface area contributed by atoms with Gasteiger partial charge >= 0.3 is 6.18 Å². The van der Waals surface area contributed by atoms with Gasteiger partial charge in [-0.15, -0.1) is 0 Å². The summed E-state index contributed by atoms with van der Waals surface area (Å²) in [6.45, 7) is 6.74. The predicted octanol–water partition coefficient (Wildman–Crippen LogP) is 3.85. The van der Waals surface area contributed by atoms with Gasteiger partial charge in [0.15, 0.2) is 0 Å². The van der Waals surface area contributed by atoms with Crippen molar-refractivity contribution in [2.75, 3.05) is 6.54 Å². The summed E-state index contributed by atoms with van der Waals surface area (Å²) in [5.74, 6) is 0.793. The highest BCUT2D eigenvalue weighted by Crippen LogP contribution is 2.46. The number of nitrogens with one attached hydrogen (secondary N) is 1. The van der Waals surface area contributed by atoms with Gasteiger partial charge in [-0.25, -0.2) is 0 Å². The minimum absolute atomic E-state index is 0.0154. The molecule has 1 saturated carbocycles. The lowest BCUT2D eigenvalue weighted by Gasteiger charge is -2.25. The van der Waals surface area contributed by atoms with E-state index in [1.54, 1.807) is 0 Å². The molecule has 1 aromatic rings. The molecule has 0 bridgehead atoms. The third-order valence-electron chi connectivity index (χ3n) is 6.19. The van der Waals surface area contributed by atoms with Crippen molar-refractivity contribution in [3.63, 3.8) is 0 Å². The fraction of sp³-hybridized carbons (Fsp3) is 0.619. The van der Waals surface area contributed by atoms with E-state index in [1.165, 1.54) is 12.1 Å². The predicted molar refractivity (Wildman–Crippen MR) is 99.0 cm³/mol. The zero-order chi connectivity index (χ0) is 20.6. The molecule has 1 aliphatic carbocycles. The van der Waals surface area contributed by atoms with Crippen LogP contribution in [-0.4, -0.2) is 29.3 Å². The number of hydrogen-bond donors (Lipinski definition) is 1. The Balaban J connectivity index is 1.67. The highest BCUT2D eigenvalue weighted by molar-refractivity contribution is 5.80. The number of carbonyl (C=O) groups is 2. The van der Waals surface area contributed by atoms with E-state index in [0.29, 0.717) is 31.0 Å². The lowest BCUT2D eigenvalue weighted by atomic mass is 9.88. The number of nitrogens with zero attached hydrogens (tertiary/aromatic N) is 1. The van der Waals surface area contributed by atoms with Gasteiger partial charge in [-0.05, 0) is 41.9 Å². The van der Waals surface area contributed by atoms with Gasteiger partial charge in [-0.2, -0.15) is 13.2 Å². The van der Waals surface area contributed by atoms with Crippen LogP contribution in [0.5, 0.6) is 0 Å². The van der Waals surface area contributed by atoms with E-state index in [4.69, 9.17) is 0 Å². The normalized spacial score (nSPS) is 27.4. The molecule has 0 radical (unpaired) electrons. The Morgan fingerprint density at radius 3 is 2.46 bits per heavy atom. The average Bonchev–Trinajstić information content (AvgIpc) is 3.07. The first-order chi connectivity index (χ1) is 13.1. The molecular weight excluding hydrogens is 369 g/mol. The summed E-state index contributed by atoms with van der Waals surface area (Å²) in [4.78, 5) is 26.3. The number of halogens is 3. The Labute approximate surface area is 163 Å². The average molecular weight is 396 g/mol. The number of benzene rings is 1. The van der Waals surface area contributed by atoms with E-state index in [9.17, 15) is 22.8 Å². The van der Waals surface area contributed by atoms with Crippen LogP contribution in [0.15, 0.2) is 24.3 Å². The van der Waals surface area contributed by atoms with Crippen LogP contribution in [-0.2, 0) is 22.3 Å². The zero-order valence-corrected chi connectivity index (χ0v) is 16.4. The molecule has 0 unspecified atom stereocenters. The van der Waals surface area contributed by atoms with Crippen LogP contribution in [0.3, 0.4) is 0 Å². The van der Waals surface area contributed by atoms with Crippen molar-refractivity contribution in [2.45, 2.75) is 52.4 Å². The van der Waals surface area contributed by atoms with Crippen molar-refractivity contribution in [3.05, 3.63) is 35.4 Å². The van der Waals surface area contributed by atoms with E-state index < -0.39 is 11.7 Å². The van der Waals surface area contributed by atoms with Crippen LogP contribution < -0.4 is 5.32 Å². The molecule has 28 heavy (non-hydrogen) atoms. The number of carbonyl (C=O) groups excluding carboxylic acids is 2. The Hall–Kier alpha value is -2.05. The molecular formula is C21H27F3N2O2. The fourth-order valence-electron chi connectivity index (χ4n) is 4.56. The number of alkyl halides is 3. The maximum Gasteiger partial charge on any atom is 0.416 e. The van der Waals surface area contributed by atoms with Crippen LogP contribution in [0.1, 0.15) is 44.7 Å². The fourth-order valence-corrected chi connectivity index (χ4v) is 4.56. The summed E-state index contributed by atoms with van der Waals surface area (Å²) in [6.07, 6.45) is -3.06. The van der Waals surface area contributed by atoms with Crippen LogP contribution in [0.25, 0.3) is 0 Å². The van der Waals surface area contributed by atoms with Crippen molar-refractivity contribution in [1.82, 2.24) is 10.2 Å². The molecule has 154 valence electrons. The quantitative estimate of drug-likeness (QED) is 0.822. The molecule has 4 atom stereocenters. The first-order valence-electron chi connectivity index (χ1n) is 9.81. The van der Waals surface area contributed by atoms with Gasteiger partial charge in [-0.3, -0.25) is 9.59 Å². The van der Waals surface area contributed by atoms with E-state index in [2.05, 4.69) is 12.2 Å². The molecule has 1 heterocycles. The Bertz CT molecular complexity index is 730. The summed E-state index contributed by atoms with van der Waals surface area (Å²) >= 11 is 0. The van der Waals surface area contributed by atoms with Gasteiger partial charge in [-0.1, -0.05) is 32.9 Å². The maximum atomic E-state index is 12.7. The monoisotopic (exact) mass is 396 g/mol. The van der Waals surface area contributed by atoms with Gasteiger partial charge in [0.1, 0.15) is 0 Å². The van der Waals surface area contributed by atoms with Gasteiger partial charge in [0.25, 0.3) is 0 Å². The lowest BCUT2D eigenvalue weighted by Crippen LogP contribution is -2.36. The number of rotatable bonds is 5. The van der Waals surface area contributed by atoms with Crippen LogP contribution in [0.4, 0.5) is 13.2 Å². The molecule has 1 aliphatic heterocycles. The van der Waals surface area contributed by atoms with E-state index in [1.807, 2.05) is 18.7 Å². The summed E-state index contributed by atoms with van der Waals surface area (Å²) in [5, 5.41) is 2.99. The standard InChI is InChI=1S/C21H27F3N2O2/c1-12(2)20(28)25-10-17-13(3)8-18-16(17)9-19(27)26(18)11-14-4-6-15(7-5-14)21(22,23)24/h4-7,12-13,16-18H,8-11H2,1-3H3,(H,25,28)/t13-,16-,17+,18+/m0/s1. The van der Waals surface area contributed by atoms with Gasteiger partial charge in [0, 0.05) is 31.5 Å². The van der Waals surface area contributed by atoms with Crippen molar-refractivity contribution in [3.8, 4) is 0 Å². The second-order valence-electron chi connectivity index (χ2n) is 8.43. The largest absolute Gasteiger partial charge is 0.416 e. The van der Waals surface area contributed by atoms with Crippen LogP contribution in [0, 0.1) is 23.7 Å². The topological polar surface area (TPSA) is 49.4 Å². The Morgan fingerprint density at radius 1 is 1.25 bits per heavy atom.